The zero-order valence-electron chi connectivity index (χ0n) is 12.3. The van der Waals surface area contributed by atoms with Crippen molar-refractivity contribution in [1.82, 2.24) is 5.32 Å². The Balaban J connectivity index is 2.59. The summed E-state index contributed by atoms with van der Waals surface area (Å²) in [6.07, 6.45) is -4.33. The van der Waals surface area contributed by atoms with Gasteiger partial charge in [0, 0.05) is 29.9 Å². The zero-order valence-corrected chi connectivity index (χ0v) is 12.3. The van der Waals surface area contributed by atoms with Crippen LogP contribution < -0.4 is 16.4 Å². The van der Waals surface area contributed by atoms with E-state index in [0.29, 0.717) is 0 Å². The predicted molar refractivity (Wildman–Crippen MR) is 76.9 cm³/mol. The molecule has 0 aliphatic heterocycles. The summed E-state index contributed by atoms with van der Waals surface area (Å²) in [5, 5.41) is 5.56. The van der Waals surface area contributed by atoms with Crippen molar-refractivity contribution >= 4 is 17.3 Å². The number of anilines is 2. The number of hydrogen-bond acceptors (Lipinski definition) is 3. The lowest BCUT2D eigenvalue weighted by Gasteiger charge is -2.20. The Labute approximate surface area is 121 Å². The van der Waals surface area contributed by atoms with E-state index >= 15 is 0 Å². The first-order valence-electron chi connectivity index (χ1n) is 6.50. The third-order valence-corrected chi connectivity index (χ3v) is 2.55. The van der Waals surface area contributed by atoms with Gasteiger partial charge in [0.25, 0.3) is 0 Å². The average molecular weight is 303 g/mol. The number of rotatable bonds is 4. The highest BCUT2D eigenvalue weighted by atomic mass is 19.4. The van der Waals surface area contributed by atoms with Gasteiger partial charge in [0.2, 0.25) is 5.91 Å². The molecule has 1 amide bonds. The molecular weight excluding hydrogens is 283 g/mol. The van der Waals surface area contributed by atoms with Gasteiger partial charge in [0.1, 0.15) is 0 Å². The fourth-order valence-electron chi connectivity index (χ4n) is 1.71. The van der Waals surface area contributed by atoms with Crippen LogP contribution in [0.1, 0.15) is 32.8 Å². The van der Waals surface area contributed by atoms with Gasteiger partial charge in [-0.2, -0.15) is 13.2 Å². The molecule has 118 valence electrons. The number of hydrogen-bond donors (Lipinski definition) is 3. The summed E-state index contributed by atoms with van der Waals surface area (Å²) in [4.78, 5) is 11.6. The first kappa shape index (κ1) is 17.1. The topological polar surface area (TPSA) is 67.2 Å². The highest BCUT2D eigenvalue weighted by Gasteiger charge is 2.33. The Bertz CT molecular complexity index is 507. The number of nitrogen functional groups attached to an aromatic ring is 1. The molecule has 4 N–H and O–H groups in total. The molecule has 7 heteroatoms. The Morgan fingerprint density at radius 3 is 2.38 bits per heavy atom. The molecule has 0 aliphatic carbocycles. The number of carbonyl (C=O) groups excluding carboxylic acids is 1. The first-order valence-corrected chi connectivity index (χ1v) is 6.50. The van der Waals surface area contributed by atoms with Crippen molar-refractivity contribution in [2.24, 2.45) is 0 Å². The Morgan fingerprint density at radius 2 is 1.86 bits per heavy atom. The molecule has 0 atom stereocenters. The van der Waals surface area contributed by atoms with Crippen LogP contribution in [0.15, 0.2) is 18.2 Å². The fourth-order valence-corrected chi connectivity index (χ4v) is 1.71. The van der Waals surface area contributed by atoms with E-state index in [0.717, 1.165) is 6.07 Å². The van der Waals surface area contributed by atoms with Crippen LogP contribution in [0, 0.1) is 0 Å². The number of amides is 1. The molecule has 0 radical (unpaired) electrons. The molecule has 0 aliphatic rings. The summed E-state index contributed by atoms with van der Waals surface area (Å²) >= 11 is 0. The predicted octanol–water partition coefficient (Wildman–Crippen LogP) is 3.00. The molecule has 4 nitrogen and oxygen atoms in total. The van der Waals surface area contributed by atoms with E-state index in [1.54, 1.807) is 0 Å². The first-order chi connectivity index (χ1) is 9.49. The van der Waals surface area contributed by atoms with E-state index in [-0.39, 0.29) is 35.8 Å². The van der Waals surface area contributed by atoms with Gasteiger partial charge in [-0.05, 0) is 39.0 Å². The Kier molecular flexibility index (Phi) is 5.09. The third kappa shape index (κ3) is 5.93. The van der Waals surface area contributed by atoms with Crippen molar-refractivity contribution in [2.45, 2.75) is 38.9 Å². The monoisotopic (exact) mass is 303 g/mol. The van der Waals surface area contributed by atoms with Crippen LogP contribution in [0.5, 0.6) is 0 Å². The van der Waals surface area contributed by atoms with Gasteiger partial charge in [-0.3, -0.25) is 4.79 Å². The second kappa shape index (κ2) is 6.24. The normalized spacial score (nSPS) is 12.1. The third-order valence-electron chi connectivity index (χ3n) is 2.55. The lowest BCUT2D eigenvalue weighted by Crippen LogP contribution is -2.41. The maximum atomic E-state index is 12.7. The minimum absolute atomic E-state index is 0.165. The molecule has 0 saturated carbocycles. The molecule has 0 unspecified atom stereocenters. The van der Waals surface area contributed by atoms with E-state index in [4.69, 9.17) is 5.73 Å². The van der Waals surface area contributed by atoms with Crippen LogP contribution in [0.4, 0.5) is 24.5 Å². The van der Waals surface area contributed by atoms with Crippen LogP contribution >= 0.6 is 0 Å². The van der Waals surface area contributed by atoms with E-state index in [9.17, 15) is 18.0 Å². The second-order valence-electron chi connectivity index (χ2n) is 5.77. The molecule has 1 aromatic carbocycles. The standard InChI is InChI=1S/C14H20F3N3O/c1-13(2,3)20-12(21)6-7-19-9-4-5-11(18)10(8-9)14(15,16)17/h4-5,8,19H,6-7,18H2,1-3H3,(H,20,21). The summed E-state index contributed by atoms with van der Waals surface area (Å²) in [7, 11) is 0. The van der Waals surface area contributed by atoms with E-state index in [1.165, 1.54) is 12.1 Å². The summed E-state index contributed by atoms with van der Waals surface area (Å²) in [5.74, 6) is -0.165. The SMILES string of the molecule is CC(C)(C)NC(=O)CCNc1ccc(N)c(C(F)(F)F)c1. The van der Waals surface area contributed by atoms with Crippen molar-refractivity contribution in [3.63, 3.8) is 0 Å². The fraction of sp³-hybridized carbons (Fsp3) is 0.500. The van der Waals surface area contributed by atoms with Crippen molar-refractivity contribution in [3.8, 4) is 0 Å². The van der Waals surface area contributed by atoms with Crippen molar-refractivity contribution in [3.05, 3.63) is 23.8 Å². The van der Waals surface area contributed by atoms with Gasteiger partial charge in [-0.15, -0.1) is 0 Å². The quantitative estimate of drug-likeness (QED) is 0.749. The van der Waals surface area contributed by atoms with Gasteiger partial charge in [0.15, 0.2) is 0 Å². The molecule has 1 aromatic rings. The van der Waals surface area contributed by atoms with Gasteiger partial charge < -0.3 is 16.4 Å². The highest BCUT2D eigenvalue weighted by molar-refractivity contribution is 5.77. The van der Waals surface area contributed by atoms with Crippen molar-refractivity contribution in [1.29, 1.82) is 0 Å². The Hall–Kier alpha value is -1.92. The molecule has 21 heavy (non-hydrogen) atoms. The lowest BCUT2D eigenvalue weighted by molar-refractivity contribution is -0.136. The molecule has 0 saturated heterocycles. The Morgan fingerprint density at radius 1 is 1.24 bits per heavy atom. The van der Waals surface area contributed by atoms with Crippen LogP contribution in [-0.4, -0.2) is 18.0 Å². The van der Waals surface area contributed by atoms with Gasteiger partial charge in [0.05, 0.1) is 5.56 Å². The number of nitrogens with one attached hydrogen (secondary N) is 2. The maximum Gasteiger partial charge on any atom is 0.418 e. The zero-order chi connectivity index (χ0) is 16.3. The summed E-state index contributed by atoms with van der Waals surface area (Å²) in [5.41, 5.74) is 4.05. The average Bonchev–Trinajstić information content (AvgIpc) is 2.27. The number of carbonyl (C=O) groups is 1. The van der Waals surface area contributed by atoms with Crippen molar-refractivity contribution in [2.75, 3.05) is 17.6 Å². The number of nitrogens with two attached hydrogens (primary N) is 1. The molecular formula is C14H20F3N3O. The molecule has 0 bridgehead atoms. The molecule has 0 spiro atoms. The van der Waals surface area contributed by atoms with Gasteiger partial charge in [-0.25, -0.2) is 0 Å². The summed E-state index contributed by atoms with van der Waals surface area (Å²) in [6, 6.07) is 3.59. The lowest BCUT2D eigenvalue weighted by atomic mass is 10.1. The summed E-state index contributed by atoms with van der Waals surface area (Å²) < 4.78 is 38.1. The number of halogens is 3. The van der Waals surface area contributed by atoms with Crippen LogP contribution in [0.2, 0.25) is 0 Å². The maximum absolute atomic E-state index is 12.7. The molecule has 0 heterocycles. The van der Waals surface area contributed by atoms with E-state index < -0.39 is 11.7 Å². The largest absolute Gasteiger partial charge is 0.418 e. The number of benzene rings is 1. The van der Waals surface area contributed by atoms with Gasteiger partial charge in [-0.1, -0.05) is 0 Å². The summed E-state index contributed by atoms with van der Waals surface area (Å²) in [6.45, 7) is 5.80. The van der Waals surface area contributed by atoms with Crippen LogP contribution in [0.3, 0.4) is 0 Å². The molecule has 0 fully saturated rings. The van der Waals surface area contributed by atoms with Crippen molar-refractivity contribution < 1.29 is 18.0 Å². The molecule has 1 rings (SSSR count). The van der Waals surface area contributed by atoms with Crippen LogP contribution in [-0.2, 0) is 11.0 Å². The van der Waals surface area contributed by atoms with Gasteiger partial charge >= 0.3 is 6.18 Å². The van der Waals surface area contributed by atoms with Crippen LogP contribution in [0.25, 0.3) is 0 Å². The highest BCUT2D eigenvalue weighted by Crippen LogP contribution is 2.35. The second-order valence-corrected chi connectivity index (χ2v) is 5.77. The number of alkyl halides is 3. The van der Waals surface area contributed by atoms with E-state index in [2.05, 4.69) is 10.6 Å². The smallest absolute Gasteiger partial charge is 0.398 e. The minimum atomic E-state index is -4.49. The van der Waals surface area contributed by atoms with E-state index in [1.807, 2.05) is 20.8 Å². The minimum Gasteiger partial charge on any atom is -0.398 e. The molecule has 0 aromatic heterocycles.